The average Bonchev–Trinajstić information content (AvgIpc) is 2.46. The highest BCUT2D eigenvalue weighted by Crippen LogP contribution is 2.19. The third kappa shape index (κ3) is 3.12. The molecule has 1 aliphatic heterocycles. The van der Waals surface area contributed by atoms with E-state index in [1.54, 1.807) is 11.0 Å². The van der Waals surface area contributed by atoms with Crippen LogP contribution in [-0.2, 0) is 11.3 Å². The number of carbonyl (C=O) groups is 2. The number of nitrogens with zero attached hydrogens (tertiary/aromatic N) is 1. The molecule has 0 bridgehead atoms. The first-order valence-electron chi connectivity index (χ1n) is 6.49. The SMILES string of the molecule is NCc1cccc(C(=O)N2CCC(C(N)=O)CC2)c1. The summed E-state index contributed by atoms with van der Waals surface area (Å²) >= 11 is 0. The maximum Gasteiger partial charge on any atom is 0.253 e. The van der Waals surface area contributed by atoms with Gasteiger partial charge in [0.1, 0.15) is 0 Å². The quantitative estimate of drug-likeness (QED) is 0.829. The molecule has 0 aliphatic carbocycles. The second-order valence-corrected chi connectivity index (χ2v) is 4.87. The van der Waals surface area contributed by atoms with E-state index >= 15 is 0 Å². The zero-order valence-electron chi connectivity index (χ0n) is 10.8. The minimum atomic E-state index is -0.266. The normalized spacial score (nSPS) is 16.4. The molecule has 19 heavy (non-hydrogen) atoms. The summed E-state index contributed by atoms with van der Waals surface area (Å²) < 4.78 is 0. The van der Waals surface area contributed by atoms with Gasteiger partial charge in [-0.25, -0.2) is 0 Å². The Balaban J connectivity index is 2.02. The van der Waals surface area contributed by atoms with Gasteiger partial charge >= 0.3 is 0 Å². The Morgan fingerprint density at radius 1 is 1.26 bits per heavy atom. The number of primary amides is 1. The molecule has 0 saturated carbocycles. The van der Waals surface area contributed by atoms with Crippen LogP contribution in [0.5, 0.6) is 0 Å². The molecular weight excluding hydrogens is 242 g/mol. The lowest BCUT2D eigenvalue weighted by Gasteiger charge is -2.30. The first kappa shape index (κ1) is 13.5. The molecule has 1 saturated heterocycles. The zero-order valence-corrected chi connectivity index (χ0v) is 10.8. The van der Waals surface area contributed by atoms with Crippen LogP contribution in [0, 0.1) is 5.92 Å². The number of amides is 2. The number of benzene rings is 1. The summed E-state index contributed by atoms with van der Waals surface area (Å²) in [5.74, 6) is -0.366. The maximum absolute atomic E-state index is 12.3. The molecule has 2 rings (SSSR count). The minimum absolute atomic E-state index is 0.00165. The van der Waals surface area contributed by atoms with Gasteiger partial charge in [0.2, 0.25) is 5.91 Å². The van der Waals surface area contributed by atoms with E-state index in [0.717, 1.165) is 5.56 Å². The summed E-state index contributed by atoms with van der Waals surface area (Å²) in [7, 11) is 0. The molecule has 0 atom stereocenters. The van der Waals surface area contributed by atoms with Crippen molar-refractivity contribution >= 4 is 11.8 Å². The fourth-order valence-corrected chi connectivity index (χ4v) is 2.38. The van der Waals surface area contributed by atoms with Gasteiger partial charge in [-0.2, -0.15) is 0 Å². The van der Waals surface area contributed by atoms with Crippen LogP contribution in [-0.4, -0.2) is 29.8 Å². The number of hydrogen-bond donors (Lipinski definition) is 2. The molecule has 2 amide bonds. The lowest BCUT2D eigenvalue weighted by Crippen LogP contribution is -2.41. The van der Waals surface area contributed by atoms with Crippen LogP contribution in [0.2, 0.25) is 0 Å². The predicted octanol–water partition coefficient (Wildman–Crippen LogP) is 0.483. The maximum atomic E-state index is 12.3. The average molecular weight is 261 g/mol. The lowest BCUT2D eigenvalue weighted by atomic mass is 9.95. The van der Waals surface area contributed by atoms with Crippen LogP contribution in [0.25, 0.3) is 0 Å². The molecule has 1 heterocycles. The molecule has 102 valence electrons. The van der Waals surface area contributed by atoms with Crippen LogP contribution in [0.15, 0.2) is 24.3 Å². The van der Waals surface area contributed by atoms with E-state index in [1.165, 1.54) is 0 Å². The van der Waals surface area contributed by atoms with Crippen LogP contribution in [0.3, 0.4) is 0 Å². The molecule has 5 nitrogen and oxygen atoms in total. The molecule has 4 N–H and O–H groups in total. The van der Waals surface area contributed by atoms with Gasteiger partial charge in [0, 0.05) is 31.1 Å². The summed E-state index contributed by atoms with van der Waals surface area (Å²) in [5.41, 5.74) is 12.4. The molecule has 0 spiro atoms. The van der Waals surface area contributed by atoms with Gasteiger partial charge in [0.15, 0.2) is 0 Å². The Labute approximate surface area is 112 Å². The lowest BCUT2D eigenvalue weighted by molar-refractivity contribution is -0.123. The smallest absolute Gasteiger partial charge is 0.253 e. The van der Waals surface area contributed by atoms with E-state index in [1.807, 2.05) is 18.2 Å². The van der Waals surface area contributed by atoms with Gasteiger partial charge in [-0.1, -0.05) is 12.1 Å². The van der Waals surface area contributed by atoms with Crippen LogP contribution in [0.4, 0.5) is 0 Å². The van der Waals surface area contributed by atoms with Crippen molar-refractivity contribution in [1.29, 1.82) is 0 Å². The van der Waals surface area contributed by atoms with Gasteiger partial charge in [-0.3, -0.25) is 9.59 Å². The minimum Gasteiger partial charge on any atom is -0.369 e. The van der Waals surface area contributed by atoms with E-state index < -0.39 is 0 Å². The van der Waals surface area contributed by atoms with Gasteiger partial charge < -0.3 is 16.4 Å². The van der Waals surface area contributed by atoms with Crippen LogP contribution < -0.4 is 11.5 Å². The number of piperidine rings is 1. The summed E-state index contributed by atoms with van der Waals surface area (Å²) in [5, 5.41) is 0. The number of carbonyl (C=O) groups excluding carboxylic acids is 2. The van der Waals surface area contributed by atoms with Crippen LogP contribution >= 0.6 is 0 Å². The zero-order chi connectivity index (χ0) is 13.8. The summed E-state index contributed by atoms with van der Waals surface area (Å²) in [4.78, 5) is 25.2. The van der Waals surface area contributed by atoms with Gasteiger partial charge in [-0.15, -0.1) is 0 Å². The number of rotatable bonds is 3. The summed E-state index contributed by atoms with van der Waals surface area (Å²) in [6, 6.07) is 7.35. The number of hydrogen-bond acceptors (Lipinski definition) is 3. The van der Waals surface area contributed by atoms with E-state index in [9.17, 15) is 9.59 Å². The van der Waals surface area contributed by atoms with Crippen molar-refractivity contribution in [3.8, 4) is 0 Å². The Morgan fingerprint density at radius 3 is 2.53 bits per heavy atom. The monoisotopic (exact) mass is 261 g/mol. The summed E-state index contributed by atoms with van der Waals surface area (Å²) in [6.07, 6.45) is 1.30. The van der Waals surface area contributed by atoms with Crippen molar-refractivity contribution in [2.75, 3.05) is 13.1 Å². The van der Waals surface area contributed by atoms with E-state index in [4.69, 9.17) is 11.5 Å². The third-order valence-electron chi connectivity index (χ3n) is 3.59. The van der Waals surface area contributed by atoms with E-state index in [-0.39, 0.29) is 17.7 Å². The van der Waals surface area contributed by atoms with E-state index in [0.29, 0.717) is 38.0 Å². The molecule has 0 aromatic heterocycles. The van der Waals surface area contributed by atoms with Gasteiger partial charge in [-0.05, 0) is 30.5 Å². The standard InChI is InChI=1S/C14H19N3O2/c15-9-10-2-1-3-12(8-10)14(19)17-6-4-11(5-7-17)13(16)18/h1-3,8,11H,4-7,9,15H2,(H2,16,18). The van der Waals surface area contributed by atoms with Crippen molar-refractivity contribution in [3.63, 3.8) is 0 Å². The van der Waals surface area contributed by atoms with Crippen molar-refractivity contribution in [3.05, 3.63) is 35.4 Å². The Kier molecular flexibility index (Phi) is 4.16. The Hall–Kier alpha value is -1.88. The Bertz CT molecular complexity index is 479. The second kappa shape index (κ2) is 5.84. The fourth-order valence-electron chi connectivity index (χ4n) is 2.38. The molecule has 0 unspecified atom stereocenters. The van der Waals surface area contributed by atoms with Gasteiger partial charge in [0.05, 0.1) is 0 Å². The van der Waals surface area contributed by atoms with Crippen molar-refractivity contribution in [1.82, 2.24) is 4.90 Å². The van der Waals surface area contributed by atoms with Crippen molar-refractivity contribution in [2.45, 2.75) is 19.4 Å². The third-order valence-corrected chi connectivity index (χ3v) is 3.59. The number of likely N-dealkylation sites (tertiary alicyclic amines) is 1. The molecule has 1 fully saturated rings. The molecular formula is C14H19N3O2. The fraction of sp³-hybridized carbons (Fsp3) is 0.429. The van der Waals surface area contributed by atoms with E-state index in [2.05, 4.69) is 0 Å². The molecule has 0 radical (unpaired) electrons. The predicted molar refractivity (Wildman–Crippen MR) is 72.2 cm³/mol. The molecule has 1 aliphatic rings. The topological polar surface area (TPSA) is 89.4 Å². The molecule has 1 aromatic rings. The first-order chi connectivity index (χ1) is 9.11. The first-order valence-corrected chi connectivity index (χ1v) is 6.49. The Morgan fingerprint density at radius 2 is 1.95 bits per heavy atom. The number of nitrogens with two attached hydrogens (primary N) is 2. The van der Waals surface area contributed by atoms with Gasteiger partial charge in [0.25, 0.3) is 5.91 Å². The highest BCUT2D eigenvalue weighted by atomic mass is 16.2. The highest BCUT2D eigenvalue weighted by Gasteiger charge is 2.26. The molecule has 1 aromatic carbocycles. The van der Waals surface area contributed by atoms with Crippen LogP contribution in [0.1, 0.15) is 28.8 Å². The summed E-state index contributed by atoms with van der Waals surface area (Å²) in [6.45, 7) is 1.59. The molecule has 5 heteroatoms. The second-order valence-electron chi connectivity index (χ2n) is 4.87. The highest BCUT2D eigenvalue weighted by molar-refractivity contribution is 5.94. The largest absolute Gasteiger partial charge is 0.369 e. The van der Waals surface area contributed by atoms with Crippen molar-refractivity contribution < 1.29 is 9.59 Å². The van der Waals surface area contributed by atoms with Crippen molar-refractivity contribution in [2.24, 2.45) is 17.4 Å².